The van der Waals surface area contributed by atoms with Gasteiger partial charge in [0.15, 0.2) is 21.5 Å². The second-order valence-electron chi connectivity index (χ2n) is 9.80. The van der Waals surface area contributed by atoms with Crippen molar-refractivity contribution in [2.75, 3.05) is 69.9 Å². The Morgan fingerprint density at radius 1 is 1.13 bits per heavy atom. The van der Waals surface area contributed by atoms with E-state index in [1.165, 1.54) is 4.90 Å². The Morgan fingerprint density at radius 2 is 1.82 bits per heavy atom. The first kappa shape index (κ1) is 26.7. The number of anilines is 2. The lowest BCUT2D eigenvalue weighted by molar-refractivity contribution is -0.125. The number of amides is 1. The lowest BCUT2D eigenvalue weighted by atomic mass is 10.1. The van der Waals surface area contributed by atoms with Gasteiger partial charge in [-0.05, 0) is 32.0 Å². The molecule has 0 aliphatic carbocycles. The van der Waals surface area contributed by atoms with Gasteiger partial charge in [0.2, 0.25) is 11.9 Å². The molecule has 1 amide bonds. The highest BCUT2D eigenvalue weighted by Gasteiger charge is 2.32. The number of nitrogens with zero attached hydrogens (tertiary/aromatic N) is 7. The minimum atomic E-state index is -3.46. The minimum Gasteiger partial charge on any atom is -0.378 e. The number of hydrogen-bond acceptors (Lipinski definition) is 12. The van der Waals surface area contributed by atoms with Gasteiger partial charge >= 0.3 is 0 Å². The van der Waals surface area contributed by atoms with E-state index in [2.05, 4.69) is 25.8 Å². The Hall–Kier alpha value is -2.94. The monoisotopic (exact) mass is 560 g/mol. The Kier molecular flexibility index (Phi) is 7.75. The maximum Gasteiger partial charge on any atom is 0.237 e. The molecule has 14 heteroatoms. The van der Waals surface area contributed by atoms with Crippen LogP contribution in [-0.4, -0.2) is 109 Å². The average molecular weight is 561 g/mol. The Bertz CT molecular complexity index is 1400. The third-order valence-electron chi connectivity index (χ3n) is 6.89. The molecule has 0 saturated carbocycles. The van der Waals surface area contributed by atoms with Crippen molar-refractivity contribution in [3.8, 4) is 11.4 Å². The molecule has 0 aromatic carbocycles. The Labute approximate surface area is 225 Å². The van der Waals surface area contributed by atoms with Crippen molar-refractivity contribution in [1.82, 2.24) is 29.7 Å². The minimum absolute atomic E-state index is 0.196. The van der Waals surface area contributed by atoms with E-state index in [-0.39, 0.29) is 11.9 Å². The summed E-state index contributed by atoms with van der Waals surface area (Å²) in [6, 6.07) is 2.09. The van der Waals surface area contributed by atoms with Gasteiger partial charge in [-0.3, -0.25) is 9.69 Å². The van der Waals surface area contributed by atoms with Crippen LogP contribution in [0, 0.1) is 0 Å². The van der Waals surface area contributed by atoms with E-state index in [1.54, 1.807) is 37.8 Å². The summed E-state index contributed by atoms with van der Waals surface area (Å²) in [4.78, 5) is 36.8. The molecule has 0 atom stereocenters. The number of carbonyl (C=O) groups is 1. The first-order valence-electron chi connectivity index (χ1n) is 12.5. The zero-order valence-corrected chi connectivity index (χ0v) is 23.2. The molecular weight excluding hydrogens is 528 g/mol. The number of fused-ring (bicyclic) bond motifs is 1. The summed E-state index contributed by atoms with van der Waals surface area (Å²) in [6.07, 6.45) is 4.30. The fourth-order valence-electron chi connectivity index (χ4n) is 4.68. The zero-order valence-electron chi connectivity index (χ0n) is 21.5. The second kappa shape index (κ2) is 11.0. The molecule has 5 heterocycles. The van der Waals surface area contributed by atoms with Gasteiger partial charge in [0.1, 0.15) is 5.75 Å². The summed E-state index contributed by atoms with van der Waals surface area (Å²) >= 11 is 1.67. The lowest BCUT2D eigenvalue weighted by Gasteiger charge is -2.31. The number of ether oxygens (including phenoxy) is 1. The number of hydrogen-bond donors (Lipinski definition) is 1. The molecule has 2 aliphatic heterocycles. The molecule has 2 N–H and O–H groups in total. The van der Waals surface area contributed by atoms with Crippen molar-refractivity contribution in [1.29, 1.82) is 0 Å². The predicted octanol–water partition coefficient (Wildman–Crippen LogP) is 1.03. The predicted molar refractivity (Wildman–Crippen MR) is 147 cm³/mol. The van der Waals surface area contributed by atoms with Gasteiger partial charge in [0.05, 0.1) is 34.2 Å². The molecule has 2 fully saturated rings. The molecule has 0 unspecified atom stereocenters. The molecule has 5 rings (SSSR count). The van der Waals surface area contributed by atoms with E-state index < -0.39 is 20.8 Å². The number of sulfone groups is 1. The maximum atomic E-state index is 12.7. The maximum absolute atomic E-state index is 12.7. The van der Waals surface area contributed by atoms with E-state index >= 15 is 0 Å². The normalized spacial score (nSPS) is 17.7. The number of morpholine rings is 1. The molecule has 0 bridgehead atoms. The van der Waals surface area contributed by atoms with Crippen molar-refractivity contribution in [3.63, 3.8) is 0 Å². The third-order valence-corrected chi connectivity index (χ3v) is 10.1. The van der Waals surface area contributed by atoms with Crippen LogP contribution in [0.25, 0.3) is 21.6 Å². The number of nitrogen functional groups attached to an aromatic ring is 1. The number of thiophene rings is 1. The molecule has 204 valence electrons. The van der Waals surface area contributed by atoms with Crippen molar-refractivity contribution < 1.29 is 17.9 Å². The summed E-state index contributed by atoms with van der Waals surface area (Å²) in [6.45, 7) is 4.79. The van der Waals surface area contributed by atoms with Crippen LogP contribution in [0.1, 0.15) is 17.7 Å². The van der Waals surface area contributed by atoms with Gasteiger partial charge in [-0.2, -0.15) is 0 Å². The van der Waals surface area contributed by atoms with Crippen LogP contribution in [0.3, 0.4) is 0 Å². The summed E-state index contributed by atoms with van der Waals surface area (Å²) in [7, 11) is -0.311. The van der Waals surface area contributed by atoms with E-state index in [1.807, 2.05) is 0 Å². The Balaban J connectivity index is 1.34. The number of nitrogens with two attached hydrogens (primary N) is 1. The number of aromatic nitrogens is 4. The SMILES string of the molecule is CN(C)C(=O)CS(=O)(=O)C1CCN(Cc2cc3nc(-c4cnc(N)nc4)nc(N4CCOCC4)c3s2)CC1. The van der Waals surface area contributed by atoms with E-state index in [0.717, 1.165) is 34.0 Å². The Morgan fingerprint density at radius 3 is 2.47 bits per heavy atom. The van der Waals surface area contributed by atoms with Crippen LogP contribution in [0.4, 0.5) is 11.8 Å². The zero-order chi connectivity index (χ0) is 26.9. The summed E-state index contributed by atoms with van der Waals surface area (Å²) in [5, 5.41) is -0.478. The highest BCUT2D eigenvalue weighted by atomic mass is 32.2. The highest BCUT2D eigenvalue weighted by Crippen LogP contribution is 2.35. The van der Waals surface area contributed by atoms with Crippen LogP contribution in [-0.2, 0) is 25.9 Å². The van der Waals surface area contributed by atoms with Crippen molar-refractivity contribution in [2.24, 2.45) is 0 Å². The molecule has 3 aromatic rings. The van der Waals surface area contributed by atoms with E-state index in [9.17, 15) is 13.2 Å². The number of likely N-dealkylation sites (tertiary alicyclic amines) is 1. The van der Waals surface area contributed by atoms with Gasteiger partial charge in [-0.15, -0.1) is 11.3 Å². The molecular formula is C24H32N8O4S2. The lowest BCUT2D eigenvalue weighted by Crippen LogP contribution is -2.41. The number of carbonyl (C=O) groups excluding carboxylic acids is 1. The molecule has 2 aliphatic rings. The second-order valence-corrected chi connectivity index (χ2v) is 13.2. The van der Waals surface area contributed by atoms with Gasteiger partial charge in [-0.25, -0.2) is 28.4 Å². The molecule has 0 spiro atoms. The fraction of sp³-hybridized carbons (Fsp3) is 0.542. The van der Waals surface area contributed by atoms with Crippen molar-refractivity contribution >= 4 is 49.1 Å². The fourth-order valence-corrected chi connectivity index (χ4v) is 7.60. The molecule has 3 aromatic heterocycles. The third kappa shape index (κ3) is 5.87. The number of rotatable bonds is 7. The van der Waals surface area contributed by atoms with Crippen LogP contribution in [0.2, 0.25) is 0 Å². The van der Waals surface area contributed by atoms with Crippen LogP contribution >= 0.6 is 11.3 Å². The smallest absolute Gasteiger partial charge is 0.237 e. The first-order chi connectivity index (χ1) is 18.2. The summed E-state index contributed by atoms with van der Waals surface area (Å²) in [5.41, 5.74) is 7.21. The molecule has 38 heavy (non-hydrogen) atoms. The topological polar surface area (TPSA) is 148 Å². The average Bonchev–Trinajstić information content (AvgIpc) is 3.31. The van der Waals surface area contributed by atoms with E-state index in [4.69, 9.17) is 20.4 Å². The van der Waals surface area contributed by atoms with Crippen LogP contribution in [0.15, 0.2) is 18.5 Å². The molecule has 2 saturated heterocycles. The van der Waals surface area contributed by atoms with Gasteiger partial charge in [0.25, 0.3) is 0 Å². The van der Waals surface area contributed by atoms with Crippen LogP contribution < -0.4 is 10.6 Å². The van der Waals surface area contributed by atoms with Gasteiger partial charge < -0.3 is 20.3 Å². The largest absolute Gasteiger partial charge is 0.378 e. The first-order valence-corrected chi connectivity index (χ1v) is 15.1. The number of piperidine rings is 1. The van der Waals surface area contributed by atoms with Crippen LogP contribution in [0.5, 0.6) is 0 Å². The van der Waals surface area contributed by atoms with Crippen molar-refractivity contribution in [2.45, 2.75) is 24.6 Å². The summed E-state index contributed by atoms with van der Waals surface area (Å²) in [5.74, 6) is 0.811. The quantitative estimate of drug-likeness (QED) is 0.442. The van der Waals surface area contributed by atoms with Gasteiger partial charge in [-0.1, -0.05) is 0 Å². The molecule has 0 radical (unpaired) electrons. The standard InChI is InChI=1S/C24H32N8O4S2/c1-30(2)20(33)15-38(34,35)18-3-5-31(6-4-18)14-17-11-19-21(37-17)23(32-7-9-36-10-8-32)29-22(28-19)16-12-26-24(25)27-13-16/h11-13,18H,3-10,14-15H2,1-2H3,(H2,25,26,27). The van der Waals surface area contributed by atoms with Crippen molar-refractivity contribution in [3.05, 3.63) is 23.3 Å². The highest BCUT2D eigenvalue weighted by molar-refractivity contribution is 7.92. The summed E-state index contributed by atoms with van der Waals surface area (Å²) < 4.78 is 32.0. The van der Waals surface area contributed by atoms with E-state index in [0.29, 0.717) is 57.1 Å². The van der Waals surface area contributed by atoms with Gasteiger partial charge in [0, 0.05) is 51.0 Å². The molecule has 12 nitrogen and oxygen atoms in total.